The van der Waals surface area contributed by atoms with E-state index in [9.17, 15) is 4.79 Å². The minimum absolute atomic E-state index is 0.150. The molecule has 1 saturated carbocycles. The van der Waals surface area contributed by atoms with Gasteiger partial charge < -0.3 is 0 Å². The van der Waals surface area contributed by atoms with Crippen LogP contribution in [0.15, 0.2) is 54.0 Å². The molecule has 1 aliphatic carbocycles. The molecule has 1 fully saturated rings. The molecule has 5 rings (SSSR count). The fraction of sp³-hybridized carbons (Fsp3) is 0.190. The van der Waals surface area contributed by atoms with Crippen LogP contribution in [-0.4, -0.2) is 25.5 Å². The minimum atomic E-state index is -0.501. The Bertz CT molecular complexity index is 1210. The maximum atomic E-state index is 11.8. The van der Waals surface area contributed by atoms with Crippen LogP contribution in [0, 0.1) is 6.92 Å². The van der Waals surface area contributed by atoms with E-state index in [1.54, 1.807) is 22.9 Å². The van der Waals surface area contributed by atoms with Gasteiger partial charge in [-0.2, -0.15) is 0 Å². The first-order chi connectivity index (χ1) is 13.6. The average molecular weight is 390 g/mol. The van der Waals surface area contributed by atoms with Crippen LogP contribution >= 0.6 is 11.3 Å². The number of aromatic nitrogens is 3. The van der Waals surface area contributed by atoms with Crippen LogP contribution in [0.4, 0.5) is 0 Å². The lowest BCUT2D eigenvalue weighted by Crippen LogP contribution is -2.19. The SMILES string of the molecule is Cc1nc2ccccn2c1-c1csc(C2(c3cccc(C(=O)NO)c3)CC2)n1. The molecule has 0 atom stereocenters. The molecular weight excluding hydrogens is 372 g/mol. The number of aryl methyl sites for hydroxylation is 1. The van der Waals surface area contributed by atoms with Gasteiger partial charge in [-0.25, -0.2) is 15.4 Å². The van der Waals surface area contributed by atoms with Gasteiger partial charge in [0.2, 0.25) is 0 Å². The van der Waals surface area contributed by atoms with Crippen molar-refractivity contribution in [2.24, 2.45) is 0 Å². The van der Waals surface area contributed by atoms with Crippen molar-refractivity contribution in [3.05, 3.63) is 75.9 Å². The Kier molecular flexibility index (Phi) is 3.82. The van der Waals surface area contributed by atoms with Gasteiger partial charge in [-0.15, -0.1) is 11.3 Å². The van der Waals surface area contributed by atoms with Crippen molar-refractivity contribution in [3.63, 3.8) is 0 Å². The number of carbonyl (C=O) groups is 1. The van der Waals surface area contributed by atoms with Crippen LogP contribution in [-0.2, 0) is 5.41 Å². The lowest BCUT2D eigenvalue weighted by atomic mass is 9.95. The number of nitrogens with one attached hydrogen (secondary N) is 1. The first-order valence-corrected chi connectivity index (χ1v) is 9.95. The highest BCUT2D eigenvalue weighted by Crippen LogP contribution is 2.54. The summed E-state index contributed by atoms with van der Waals surface area (Å²) in [5.41, 5.74) is 6.86. The zero-order valence-corrected chi connectivity index (χ0v) is 16.0. The number of rotatable bonds is 4. The molecule has 2 N–H and O–H groups in total. The van der Waals surface area contributed by atoms with Crippen LogP contribution in [0.25, 0.3) is 17.0 Å². The predicted molar refractivity (Wildman–Crippen MR) is 107 cm³/mol. The van der Waals surface area contributed by atoms with E-state index in [1.165, 1.54) is 0 Å². The molecule has 7 heteroatoms. The maximum Gasteiger partial charge on any atom is 0.274 e. The summed E-state index contributed by atoms with van der Waals surface area (Å²) in [7, 11) is 0. The van der Waals surface area contributed by atoms with Crippen LogP contribution in [0.2, 0.25) is 0 Å². The Morgan fingerprint density at radius 2 is 2.07 bits per heavy atom. The second-order valence-electron chi connectivity index (χ2n) is 7.12. The zero-order valence-electron chi connectivity index (χ0n) is 15.2. The molecule has 0 spiro atoms. The number of carbonyl (C=O) groups excluding carboxylic acids is 1. The van der Waals surface area contributed by atoms with Crippen molar-refractivity contribution >= 4 is 22.9 Å². The highest BCUT2D eigenvalue weighted by molar-refractivity contribution is 7.10. The molecule has 0 unspecified atom stereocenters. The Morgan fingerprint density at radius 3 is 2.86 bits per heavy atom. The number of hydrogen-bond acceptors (Lipinski definition) is 5. The predicted octanol–water partition coefficient (Wildman–Crippen LogP) is 3.97. The van der Waals surface area contributed by atoms with Gasteiger partial charge in [0.05, 0.1) is 11.4 Å². The van der Waals surface area contributed by atoms with Gasteiger partial charge in [0.25, 0.3) is 5.91 Å². The number of fused-ring (bicyclic) bond motifs is 1. The Labute approximate surface area is 165 Å². The van der Waals surface area contributed by atoms with Gasteiger partial charge in [-0.1, -0.05) is 18.2 Å². The third kappa shape index (κ3) is 2.55. The molecule has 0 bridgehead atoms. The molecule has 0 radical (unpaired) electrons. The largest absolute Gasteiger partial charge is 0.298 e. The lowest BCUT2D eigenvalue weighted by molar-refractivity contribution is 0.0706. The van der Waals surface area contributed by atoms with Crippen molar-refractivity contribution in [3.8, 4) is 11.4 Å². The van der Waals surface area contributed by atoms with Crippen molar-refractivity contribution in [2.75, 3.05) is 0 Å². The molecule has 0 aliphatic heterocycles. The summed E-state index contributed by atoms with van der Waals surface area (Å²) >= 11 is 1.65. The van der Waals surface area contributed by atoms with Crippen LogP contribution in [0.1, 0.15) is 39.5 Å². The average Bonchev–Trinajstić information content (AvgIpc) is 3.27. The van der Waals surface area contributed by atoms with E-state index in [0.29, 0.717) is 5.56 Å². The van der Waals surface area contributed by atoms with Gasteiger partial charge in [0, 0.05) is 22.6 Å². The van der Waals surface area contributed by atoms with E-state index >= 15 is 0 Å². The van der Waals surface area contributed by atoms with Crippen LogP contribution < -0.4 is 5.48 Å². The summed E-state index contributed by atoms with van der Waals surface area (Å²) < 4.78 is 2.07. The molecule has 28 heavy (non-hydrogen) atoms. The first-order valence-electron chi connectivity index (χ1n) is 9.07. The fourth-order valence-electron chi connectivity index (χ4n) is 3.80. The summed E-state index contributed by atoms with van der Waals surface area (Å²) in [5.74, 6) is -0.501. The zero-order chi connectivity index (χ0) is 19.3. The molecule has 6 nitrogen and oxygen atoms in total. The van der Waals surface area contributed by atoms with Gasteiger partial charge in [-0.05, 0) is 49.6 Å². The fourth-order valence-corrected chi connectivity index (χ4v) is 4.88. The number of benzene rings is 1. The highest BCUT2D eigenvalue weighted by atomic mass is 32.1. The van der Waals surface area contributed by atoms with E-state index in [2.05, 4.69) is 14.8 Å². The van der Waals surface area contributed by atoms with Gasteiger partial charge in [0.1, 0.15) is 16.3 Å². The molecule has 3 aromatic heterocycles. The Morgan fingerprint density at radius 1 is 1.21 bits per heavy atom. The van der Waals surface area contributed by atoms with E-state index in [4.69, 9.17) is 10.2 Å². The van der Waals surface area contributed by atoms with Crippen LogP contribution in [0.3, 0.4) is 0 Å². The number of hydroxylamine groups is 1. The van der Waals surface area contributed by atoms with Crippen LogP contribution in [0.5, 0.6) is 0 Å². The molecule has 3 heterocycles. The van der Waals surface area contributed by atoms with E-state index < -0.39 is 5.91 Å². The molecule has 1 aliphatic rings. The third-order valence-corrected chi connectivity index (χ3v) is 6.44. The monoisotopic (exact) mass is 390 g/mol. The second kappa shape index (κ2) is 6.25. The number of pyridine rings is 1. The van der Waals surface area contributed by atoms with Crippen molar-refractivity contribution in [1.82, 2.24) is 19.8 Å². The molecule has 140 valence electrons. The normalized spacial score (nSPS) is 14.9. The summed E-state index contributed by atoms with van der Waals surface area (Å²) in [5, 5.41) is 12.1. The van der Waals surface area contributed by atoms with Gasteiger partial charge in [0.15, 0.2) is 0 Å². The van der Waals surface area contributed by atoms with Crippen molar-refractivity contribution in [1.29, 1.82) is 0 Å². The second-order valence-corrected chi connectivity index (χ2v) is 7.97. The quantitative estimate of drug-likeness (QED) is 0.408. The van der Waals surface area contributed by atoms with Crippen molar-refractivity contribution < 1.29 is 10.0 Å². The van der Waals surface area contributed by atoms with E-state index in [1.807, 2.05) is 49.5 Å². The number of thiazole rings is 1. The van der Waals surface area contributed by atoms with E-state index in [0.717, 1.165) is 46.1 Å². The van der Waals surface area contributed by atoms with Crippen molar-refractivity contribution in [2.45, 2.75) is 25.2 Å². The number of amides is 1. The Hall–Kier alpha value is -3.03. The Balaban J connectivity index is 1.56. The summed E-state index contributed by atoms with van der Waals surface area (Å²) in [6.45, 7) is 2.01. The molecule has 1 aromatic carbocycles. The summed E-state index contributed by atoms with van der Waals surface area (Å²) in [6, 6.07) is 13.4. The number of hydrogen-bond donors (Lipinski definition) is 2. The maximum absolute atomic E-state index is 11.8. The smallest absolute Gasteiger partial charge is 0.274 e. The number of imidazole rings is 1. The number of nitrogens with zero attached hydrogens (tertiary/aromatic N) is 3. The summed E-state index contributed by atoms with van der Waals surface area (Å²) in [6.07, 6.45) is 4.00. The topological polar surface area (TPSA) is 79.5 Å². The minimum Gasteiger partial charge on any atom is -0.298 e. The molecule has 1 amide bonds. The highest BCUT2D eigenvalue weighted by Gasteiger charge is 2.48. The lowest BCUT2D eigenvalue weighted by Gasteiger charge is -2.13. The van der Waals surface area contributed by atoms with Gasteiger partial charge in [-0.3, -0.25) is 14.4 Å². The molecular formula is C21H18N4O2S. The standard InChI is InChI=1S/C21H18N4O2S/c1-13-18(25-10-3-2-7-17(25)22-13)16-12-28-20(23-16)21(8-9-21)15-6-4-5-14(11-15)19(26)24-27/h2-7,10-12,27H,8-9H2,1H3,(H,24,26). The summed E-state index contributed by atoms with van der Waals surface area (Å²) in [4.78, 5) is 21.4. The molecule has 0 saturated heterocycles. The third-order valence-electron chi connectivity index (χ3n) is 5.39. The first kappa shape index (κ1) is 17.1. The van der Waals surface area contributed by atoms with Gasteiger partial charge >= 0.3 is 0 Å². The van der Waals surface area contributed by atoms with E-state index in [-0.39, 0.29) is 5.41 Å². The molecule has 4 aromatic rings.